The van der Waals surface area contributed by atoms with Gasteiger partial charge in [0.1, 0.15) is 11.6 Å². The highest BCUT2D eigenvalue weighted by atomic mass is 35.5. The maximum atomic E-state index is 13.6. The zero-order chi connectivity index (χ0) is 36.5. The summed E-state index contributed by atoms with van der Waals surface area (Å²) in [5, 5.41) is 22.3. The Bertz CT molecular complexity index is 2260. The van der Waals surface area contributed by atoms with Crippen molar-refractivity contribution in [3.8, 4) is 28.7 Å². The van der Waals surface area contributed by atoms with E-state index in [-0.39, 0.29) is 18.2 Å². The Kier molecular flexibility index (Phi) is 9.97. The van der Waals surface area contributed by atoms with Crippen molar-refractivity contribution < 1.29 is 19.1 Å². The van der Waals surface area contributed by atoms with Gasteiger partial charge in [0.05, 0.1) is 22.0 Å². The van der Waals surface area contributed by atoms with Crippen molar-refractivity contribution in [1.29, 1.82) is 5.26 Å². The SMILES string of the molecule is C=C(CCC(=O)O)CN1CCc2c(nc(C(=O)Nc3cccc(-c4cccc(-c5nc6cc(CN7CCCC7)cc(C#N)c6o5)c4C)c3Cl)n2C)C1. The fourth-order valence-electron chi connectivity index (χ4n) is 7.35. The fraction of sp³-hybridized carbons (Fsp3) is 0.325. The first-order valence-electron chi connectivity index (χ1n) is 17.5. The zero-order valence-corrected chi connectivity index (χ0v) is 30.1. The predicted octanol–water partition coefficient (Wildman–Crippen LogP) is 7.36. The van der Waals surface area contributed by atoms with E-state index in [0.29, 0.717) is 59.2 Å². The van der Waals surface area contributed by atoms with Gasteiger partial charge in [-0.05, 0) is 80.2 Å². The molecule has 12 heteroatoms. The summed E-state index contributed by atoms with van der Waals surface area (Å²) in [7, 11) is 1.84. The van der Waals surface area contributed by atoms with Crippen molar-refractivity contribution in [3.05, 3.63) is 99.6 Å². The lowest BCUT2D eigenvalue weighted by atomic mass is 9.96. The van der Waals surface area contributed by atoms with E-state index in [1.54, 1.807) is 6.07 Å². The minimum Gasteiger partial charge on any atom is -0.481 e. The van der Waals surface area contributed by atoms with Gasteiger partial charge < -0.3 is 19.4 Å². The Balaban J connectivity index is 1.11. The number of fused-ring (bicyclic) bond motifs is 2. The number of carboxylic acid groups (broad SMARTS) is 1. The standard InChI is InChI=1S/C40H40ClN7O4/c1-24(12-13-35(49)50)21-48-17-14-34-33(23-48)43-38(46(34)3)39(51)44-31-11-7-10-30(36(31)41)28-8-6-9-29(25(28)2)40-45-32-19-26(22-47-15-4-5-16-47)18-27(20-42)37(32)52-40/h6-11,18-19H,1,4-5,12-17,21-23H2,2-3H3,(H,44,51)(H,49,50). The second kappa shape index (κ2) is 14.8. The maximum Gasteiger partial charge on any atom is 0.303 e. The lowest BCUT2D eigenvalue weighted by Crippen LogP contribution is -2.32. The summed E-state index contributed by atoms with van der Waals surface area (Å²) in [4.78, 5) is 38.7. The molecule has 0 unspecified atom stereocenters. The number of oxazole rings is 1. The number of aliphatic carboxylic acids is 1. The number of hydrogen-bond donors (Lipinski definition) is 2. The number of imidazole rings is 1. The van der Waals surface area contributed by atoms with Crippen LogP contribution < -0.4 is 5.32 Å². The molecule has 1 fully saturated rings. The van der Waals surface area contributed by atoms with E-state index in [0.717, 1.165) is 71.0 Å². The van der Waals surface area contributed by atoms with Crippen molar-refractivity contribution in [1.82, 2.24) is 24.3 Å². The molecule has 0 atom stereocenters. The predicted molar refractivity (Wildman–Crippen MR) is 200 cm³/mol. The summed E-state index contributed by atoms with van der Waals surface area (Å²) in [6.45, 7) is 10.8. The summed E-state index contributed by atoms with van der Waals surface area (Å²) < 4.78 is 8.08. The second-order valence-electron chi connectivity index (χ2n) is 13.7. The molecule has 2 aliphatic heterocycles. The molecular formula is C40H40ClN7O4. The van der Waals surface area contributed by atoms with Gasteiger partial charge in [0.2, 0.25) is 5.89 Å². The average Bonchev–Trinajstić information content (AvgIpc) is 3.87. The number of carboxylic acids is 1. The van der Waals surface area contributed by atoms with Crippen LogP contribution in [0.1, 0.15) is 64.4 Å². The minimum absolute atomic E-state index is 0.0585. The quantitative estimate of drug-likeness (QED) is 0.134. The number of aromatic nitrogens is 3. The van der Waals surface area contributed by atoms with E-state index in [4.69, 9.17) is 31.1 Å². The molecule has 7 rings (SSSR count). The molecule has 5 aromatic rings. The van der Waals surface area contributed by atoms with E-state index in [1.165, 1.54) is 12.8 Å². The minimum atomic E-state index is -0.839. The number of carbonyl (C=O) groups is 2. The lowest BCUT2D eigenvalue weighted by Gasteiger charge is -2.27. The molecular weight excluding hydrogens is 678 g/mol. The van der Waals surface area contributed by atoms with Crippen LogP contribution in [-0.4, -0.2) is 67.5 Å². The number of amides is 1. The third-order valence-electron chi connectivity index (χ3n) is 10.1. The third kappa shape index (κ3) is 7.10. The number of nitrogens with one attached hydrogen (secondary N) is 1. The Morgan fingerprint density at radius 3 is 2.56 bits per heavy atom. The molecule has 0 radical (unpaired) electrons. The maximum absolute atomic E-state index is 13.6. The number of anilines is 1. The summed E-state index contributed by atoms with van der Waals surface area (Å²) in [6, 6.07) is 17.6. The first kappa shape index (κ1) is 35.1. The number of benzene rings is 3. The first-order valence-corrected chi connectivity index (χ1v) is 17.9. The molecule has 266 valence electrons. The molecule has 2 aliphatic rings. The van der Waals surface area contributed by atoms with E-state index in [9.17, 15) is 14.9 Å². The van der Waals surface area contributed by atoms with E-state index < -0.39 is 5.97 Å². The van der Waals surface area contributed by atoms with Crippen molar-refractivity contribution in [2.75, 3.05) is 31.5 Å². The Morgan fingerprint density at radius 1 is 1.04 bits per heavy atom. The fourth-order valence-corrected chi connectivity index (χ4v) is 7.63. The van der Waals surface area contributed by atoms with Crippen LogP contribution in [0, 0.1) is 18.3 Å². The number of hydrogen-bond acceptors (Lipinski definition) is 8. The van der Waals surface area contributed by atoms with Crippen LogP contribution in [0.15, 0.2) is 65.1 Å². The number of likely N-dealkylation sites (tertiary alicyclic amines) is 1. The van der Waals surface area contributed by atoms with Crippen molar-refractivity contribution in [3.63, 3.8) is 0 Å². The van der Waals surface area contributed by atoms with Gasteiger partial charge in [-0.25, -0.2) is 9.97 Å². The van der Waals surface area contributed by atoms with E-state index >= 15 is 0 Å². The van der Waals surface area contributed by atoms with Gasteiger partial charge in [0, 0.05) is 62.9 Å². The van der Waals surface area contributed by atoms with Crippen molar-refractivity contribution in [2.45, 2.75) is 52.1 Å². The highest BCUT2D eigenvalue weighted by molar-refractivity contribution is 6.36. The van der Waals surface area contributed by atoms with Gasteiger partial charge in [-0.1, -0.05) is 48.0 Å². The highest BCUT2D eigenvalue weighted by Gasteiger charge is 2.27. The van der Waals surface area contributed by atoms with Crippen LogP contribution in [0.2, 0.25) is 5.02 Å². The molecule has 0 aliphatic carbocycles. The normalized spacial score (nSPS) is 14.7. The smallest absolute Gasteiger partial charge is 0.303 e. The number of halogens is 1. The molecule has 4 heterocycles. The Morgan fingerprint density at radius 2 is 1.79 bits per heavy atom. The van der Waals surface area contributed by atoms with E-state index in [2.05, 4.69) is 27.8 Å². The van der Waals surface area contributed by atoms with Crippen LogP contribution in [0.5, 0.6) is 0 Å². The van der Waals surface area contributed by atoms with Crippen LogP contribution in [0.4, 0.5) is 5.69 Å². The third-order valence-corrected chi connectivity index (χ3v) is 10.5. The molecule has 3 aromatic carbocycles. The number of nitrogens with zero attached hydrogens (tertiary/aromatic N) is 6. The van der Waals surface area contributed by atoms with Gasteiger partial charge in [-0.2, -0.15) is 5.26 Å². The van der Waals surface area contributed by atoms with Gasteiger partial charge in [-0.3, -0.25) is 19.4 Å². The molecule has 0 spiro atoms. The lowest BCUT2D eigenvalue weighted by molar-refractivity contribution is -0.136. The summed E-state index contributed by atoms with van der Waals surface area (Å²) in [5.74, 6) is -0.504. The average molecular weight is 718 g/mol. The van der Waals surface area contributed by atoms with Crippen LogP contribution in [0.25, 0.3) is 33.7 Å². The topological polar surface area (TPSA) is 141 Å². The second-order valence-corrected chi connectivity index (χ2v) is 14.1. The van der Waals surface area contributed by atoms with Crippen LogP contribution in [-0.2, 0) is 31.4 Å². The molecule has 0 saturated carbocycles. The highest BCUT2D eigenvalue weighted by Crippen LogP contribution is 2.39. The summed E-state index contributed by atoms with van der Waals surface area (Å²) >= 11 is 7.02. The molecule has 11 nitrogen and oxygen atoms in total. The number of nitriles is 1. The van der Waals surface area contributed by atoms with Gasteiger partial charge >= 0.3 is 5.97 Å². The molecule has 52 heavy (non-hydrogen) atoms. The monoisotopic (exact) mass is 717 g/mol. The molecule has 2 aromatic heterocycles. The van der Waals surface area contributed by atoms with Gasteiger partial charge in [-0.15, -0.1) is 0 Å². The summed E-state index contributed by atoms with van der Waals surface area (Å²) in [5.41, 5.74) is 9.03. The largest absolute Gasteiger partial charge is 0.481 e. The Hall–Kier alpha value is -5.28. The molecule has 0 bridgehead atoms. The molecule has 2 N–H and O–H groups in total. The number of carbonyl (C=O) groups excluding carboxylic acids is 1. The van der Waals surface area contributed by atoms with E-state index in [1.807, 2.05) is 61.0 Å². The van der Waals surface area contributed by atoms with Crippen LogP contribution >= 0.6 is 11.6 Å². The molecule has 1 amide bonds. The summed E-state index contributed by atoms with van der Waals surface area (Å²) in [6.07, 6.45) is 3.58. The van der Waals surface area contributed by atoms with Gasteiger partial charge in [0.25, 0.3) is 5.91 Å². The van der Waals surface area contributed by atoms with Crippen LogP contribution in [0.3, 0.4) is 0 Å². The van der Waals surface area contributed by atoms with Gasteiger partial charge in [0.15, 0.2) is 11.4 Å². The zero-order valence-electron chi connectivity index (χ0n) is 29.3. The molecule has 1 saturated heterocycles. The Labute approximate surface area is 307 Å². The van der Waals surface area contributed by atoms with Crippen molar-refractivity contribution in [2.24, 2.45) is 7.05 Å². The first-order chi connectivity index (χ1) is 25.1. The number of rotatable bonds is 11. The van der Waals surface area contributed by atoms with Crippen molar-refractivity contribution >= 4 is 40.3 Å².